The topological polar surface area (TPSA) is 35.9 Å². The summed E-state index contributed by atoms with van der Waals surface area (Å²) < 4.78 is 41.3. The third-order valence-electron chi connectivity index (χ3n) is 5.69. The zero-order valence-corrected chi connectivity index (χ0v) is 18.6. The SMILES string of the molecule is C/C=C1/CCN(CCC(O)Cc2cccc(OC(F)(F)F)c2)N1CCc1ccc(C)cc1. The fourth-order valence-corrected chi connectivity index (χ4v) is 4.02. The summed E-state index contributed by atoms with van der Waals surface area (Å²) >= 11 is 0. The van der Waals surface area contributed by atoms with Gasteiger partial charge in [-0.1, -0.05) is 48.0 Å². The van der Waals surface area contributed by atoms with Gasteiger partial charge in [-0.25, -0.2) is 5.01 Å². The summed E-state index contributed by atoms with van der Waals surface area (Å²) in [5.41, 5.74) is 4.43. The molecule has 2 aromatic carbocycles. The molecule has 1 aliphatic rings. The minimum absolute atomic E-state index is 0.262. The van der Waals surface area contributed by atoms with Gasteiger partial charge in [0.1, 0.15) is 5.75 Å². The van der Waals surface area contributed by atoms with Crippen molar-refractivity contribution in [2.75, 3.05) is 19.6 Å². The molecule has 1 fully saturated rings. The number of aliphatic hydroxyl groups excluding tert-OH is 1. The van der Waals surface area contributed by atoms with Crippen molar-refractivity contribution in [3.8, 4) is 5.75 Å². The van der Waals surface area contributed by atoms with E-state index >= 15 is 0 Å². The number of allylic oxidation sites excluding steroid dienone is 1. The van der Waals surface area contributed by atoms with E-state index in [4.69, 9.17) is 0 Å². The van der Waals surface area contributed by atoms with Crippen LogP contribution in [0.2, 0.25) is 0 Å². The van der Waals surface area contributed by atoms with Crippen LogP contribution in [-0.4, -0.2) is 47.2 Å². The summed E-state index contributed by atoms with van der Waals surface area (Å²) in [6.45, 7) is 6.58. The molecule has 0 spiro atoms. The van der Waals surface area contributed by atoms with E-state index in [0.29, 0.717) is 18.5 Å². The average molecular weight is 449 g/mol. The van der Waals surface area contributed by atoms with Crippen LogP contribution in [0.5, 0.6) is 5.75 Å². The Morgan fingerprint density at radius 3 is 2.53 bits per heavy atom. The van der Waals surface area contributed by atoms with Gasteiger partial charge in [-0.2, -0.15) is 0 Å². The minimum atomic E-state index is -4.72. The summed E-state index contributed by atoms with van der Waals surface area (Å²) in [5.74, 6) is -0.262. The van der Waals surface area contributed by atoms with Gasteiger partial charge < -0.3 is 14.9 Å². The molecule has 1 saturated heterocycles. The second-order valence-electron chi connectivity index (χ2n) is 8.18. The Labute approximate surface area is 187 Å². The van der Waals surface area contributed by atoms with Crippen molar-refractivity contribution >= 4 is 0 Å². The van der Waals surface area contributed by atoms with Crippen LogP contribution in [0.25, 0.3) is 0 Å². The molecule has 0 aromatic heterocycles. The Kier molecular flexibility index (Phi) is 8.21. The number of benzene rings is 2. The molecular formula is C25H31F3N2O2. The predicted molar refractivity (Wildman–Crippen MR) is 119 cm³/mol. The van der Waals surface area contributed by atoms with Crippen LogP contribution in [0.4, 0.5) is 13.2 Å². The lowest BCUT2D eigenvalue weighted by atomic mass is 10.1. The minimum Gasteiger partial charge on any atom is -0.406 e. The number of nitrogens with zero attached hydrogens (tertiary/aromatic N) is 2. The average Bonchev–Trinajstić information content (AvgIpc) is 3.12. The Morgan fingerprint density at radius 1 is 1.09 bits per heavy atom. The number of hydrogen-bond acceptors (Lipinski definition) is 4. The summed E-state index contributed by atoms with van der Waals surface area (Å²) in [6.07, 6.45) is -0.521. The highest BCUT2D eigenvalue weighted by molar-refractivity contribution is 5.29. The second-order valence-corrected chi connectivity index (χ2v) is 8.18. The molecular weight excluding hydrogens is 417 g/mol. The van der Waals surface area contributed by atoms with Gasteiger partial charge in [-0.15, -0.1) is 13.2 Å². The van der Waals surface area contributed by atoms with Crippen molar-refractivity contribution in [3.05, 3.63) is 77.0 Å². The van der Waals surface area contributed by atoms with Gasteiger partial charge >= 0.3 is 6.36 Å². The first-order valence-electron chi connectivity index (χ1n) is 11.0. The molecule has 4 nitrogen and oxygen atoms in total. The molecule has 174 valence electrons. The first-order valence-corrected chi connectivity index (χ1v) is 11.0. The maximum absolute atomic E-state index is 12.4. The zero-order valence-electron chi connectivity index (χ0n) is 18.6. The largest absolute Gasteiger partial charge is 0.573 e. The van der Waals surface area contributed by atoms with E-state index in [1.807, 2.05) is 6.92 Å². The second kappa shape index (κ2) is 10.9. The van der Waals surface area contributed by atoms with E-state index < -0.39 is 12.5 Å². The summed E-state index contributed by atoms with van der Waals surface area (Å²) in [7, 11) is 0. The fourth-order valence-electron chi connectivity index (χ4n) is 4.02. The highest BCUT2D eigenvalue weighted by Gasteiger charge is 2.31. The highest BCUT2D eigenvalue weighted by Crippen LogP contribution is 2.25. The van der Waals surface area contributed by atoms with Crippen molar-refractivity contribution in [1.29, 1.82) is 0 Å². The number of aryl methyl sites for hydroxylation is 1. The van der Waals surface area contributed by atoms with Crippen LogP contribution in [0.15, 0.2) is 60.3 Å². The first-order chi connectivity index (χ1) is 15.2. The Bertz CT molecular complexity index is 897. The molecule has 1 N–H and O–H groups in total. The van der Waals surface area contributed by atoms with Crippen molar-refractivity contribution in [3.63, 3.8) is 0 Å². The molecule has 1 unspecified atom stereocenters. The quantitative estimate of drug-likeness (QED) is 0.568. The number of rotatable bonds is 9. The first kappa shape index (κ1) is 24.1. The van der Waals surface area contributed by atoms with Gasteiger partial charge in [0, 0.05) is 31.8 Å². The number of aliphatic hydroxyl groups is 1. The van der Waals surface area contributed by atoms with Gasteiger partial charge in [0.05, 0.1) is 6.10 Å². The molecule has 32 heavy (non-hydrogen) atoms. The third kappa shape index (κ3) is 7.28. The lowest BCUT2D eigenvalue weighted by Crippen LogP contribution is -2.39. The lowest BCUT2D eigenvalue weighted by molar-refractivity contribution is -0.274. The van der Waals surface area contributed by atoms with Crippen LogP contribution >= 0.6 is 0 Å². The normalized spacial score (nSPS) is 17.2. The smallest absolute Gasteiger partial charge is 0.406 e. The van der Waals surface area contributed by atoms with E-state index in [-0.39, 0.29) is 12.2 Å². The summed E-state index contributed by atoms with van der Waals surface area (Å²) in [6, 6.07) is 14.4. The summed E-state index contributed by atoms with van der Waals surface area (Å²) in [5, 5.41) is 15.1. The number of ether oxygens (including phenoxy) is 1. The molecule has 0 amide bonds. The van der Waals surface area contributed by atoms with E-state index in [1.165, 1.54) is 35.0 Å². The molecule has 3 rings (SSSR count). The number of hydrazine groups is 1. The van der Waals surface area contributed by atoms with Crippen LogP contribution in [0, 0.1) is 6.92 Å². The van der Waals surface area contributed by atoms with Crippen molar-refractivity contribution in [2.45, 2.75) is 52.0 Å². The van der Waals surface area contributed by atoms with E-state index in [0.717, 1.165) is 25.9 Å². The Balaban J connectivity index is 1.52. The van der Waals surface area contributed by atoms with Gasteiger partial charge in [0.15, 0.2) is 0 Å². The maximum atomic E-state index is 12.4. The number of halogens is 3. The van der Waals surface area contributed by atoms with E-state index in [2.05, 4.69) is 52.0 Å². The Morgan fingerprint density at radius 2 is 1.84 bits per heavy atom. The molecule has 1 heterocycles. The Hall–Kier alpha value is -2.51. The van der Waals surface area contributed by atoms with Gasteiger partial charge in [0.2, 0.25) is 0 Å². The highest BCUT2D eigenvalue weighted by atomic mass is 19.4. The van der Waals surface area contributed by atoms with E-state index in [9.17, 15) is 18.3 Å². The van der Waals surface area contributed by atoms with Crippen LogP contribution in [0.3, 0.4) is 0 Å². The molecule has 0 bridgehead atoms. The number of hydrogen-bond donors (Lipinski definition) is 1. The third-order valence-corrected chi connectivity index (χ3v) is 5.69. The molecule has 7 heteroatoms. The molecule has 0 aliphatic carbocycles. The lowest BCUT2D eigenvalue weighted by Gasteiger charge is -2.31. The number of alkyl halides is 3. The molecule has 0 radical (unpaired) electrons. The zero-order chi connectivity index (χ0) is 23.1. The van der Waals surface area contributed by atoms with Crippen molar-refractivity contribution < 1.29 is 23.0 Å². The molecule has 1 atom stereocenters. The monoisotopic (exact) mass is 448 g/mol. The van der Waals surface area contributed by atoms with Crippen molar-refractivity contribution in [2.24, 2.45) is 0 Å². The molecule has 1 aliphatic heterocycles. The van der Waals surface area contributed by atoms with Crippen LogP contribution in [0.1, 0.15) is 36.5 Å². The predicted octanol–water partition coefficient (Wildman–Crippen LogP) is 5.26. The molecule has 2 aromatic rings. The maximum Gasteiger partial charge on any atom is 0.573 e. The van der Waals surface area contributed by atoms with Gasteiger partial charge in [-0.05, 0) is 56.4 Å². The van der Waals surface area contributed by atoms with Crippen LogP contribution in [-0.2, 0) is 12.8 Å². The standard InChI is InChI=1S/C25H31F3N2O2/c1-3-22-12-14-29(30(22)16-11-20-9-7-19(2)8-10-20)15-13-23(31)17-21-5-4-6-24(18-21)32-25(26,27)28/h3-10,18,23,31H,11-17H2,1-2H3/b22-3-. The van der Waals surface area contributed by atoms with E-state index in [1.54, 1.807) is 6.07 Å². The van der Waals surface area contributed by atoms with Crippen molar-refractivity contribution in [1.82, 2.24) is 10.0 Å². The van der Waals surface area contributed by atoms with Gasteiger partial charge in [-0.3, -0.25) is 0 Å². The van der Waals surface area contributed by atoms with Gasteiger partial charge in [0.25, 0.3) is 0 Å². The molecule has 0 saturated carbocycles. The van der Waals surface area contributed by atoms with Crippen LogP contribution < -0.4 is 4.74 Å². The fraction of sp³-hybridized carbons (Fsp3) is 0.440. The summed E-state index contributed by atoms with van der Waals surface area (Å²) in [4.78, 5) is 0.